The number of amides is 15. The van der Waals surface area contributed by atoms with Crippen LogP contribution in [0.5, 0.6) is 11.5 Å². The summed E-state index contributed by atoms with van der Waals surface area (Å²) in [7, 11) is 0. The number of aliphatic hydroxyl groups excluding tert-OH is 1. The van der Waals surface area contributed by atoms with Crippen LogP contribution in [0.25, 0.3) is 0 Å². The molecule has 0 aromatic heterocycles. The van der Waals surface area contributed by atoms with E-state index in [1.54, 1.807) is 44.2 Å². The molecule has 3 aromatic rings. The van der Waals surface area contributed by atoms with E-state index < -0.39 is 236 Å². The molecule has 41 heteroatoms. The molecule has 13 atom stereocenters. The Kier molecular flexibility index (Phi) is 42.8. The number of aromatic hydroxyl groups is 2. The van der Waals surface area contributed by atoms with E-state index in [9.17, 15) is 97.5 Å². The summed E-state index contributed by atoms with van der Waals surface area (Å²) < 4.78 is 0. The molecular weight excluding hydrogens is 1510 g/mol. The molecule has 114 heavy (non-hydrogen) atoms. The molecule has 40 nitrogen and oxygen atoms in total. The molecule has 0 unspecified atom stereocenters. The summed E-state index contributed by atoms with van der Waals surface area (Å²) in [6, 6.07) is -1.55. The van der Waals surface area contributed by atoms with Crippen molar-refractivity contribution in [3.05, 3.63) is 95.6 Å². The fraction of sp³-hybridized carbons (Fsp3) is 0.521. The van der Waals surface area contributed by atoms with Gasteiger partial charge in [-0.2, -0.15) is 12.6 Å². The van der Waals surface area contributed by atoms with Crippen LogP contribution < -0.4 is 98.2 Å². The van der Waals surface area contributed by atoms with E-state index in [0.717, 1.165) is 6.92 Å². The quantitative estimate of drug-likeness (QED) is 0.0185. The Hall–Kier alpha value is -11.6. The van der Waals surface area contributed by atoms with Gasteiger partial charge in [0.2, 0.25) is 88.6 Å². The third-order valence-electron chi connectivity index (χ3n) is 17.4. The van der Waals surface area contributed by atoms with Crippen molar-refractivity contribution in [2.24, 2.45) is 40.3 Å². The van der Waals surface area contributed by atoms with Crippen LogP contribution in [0.1, 0.15) is 127 Å². The van der Waals surface area contributed by atoms with Gasteiger partial charge < -0.3 is 124 Å². The number of thiol groups is 1. The lowest BCUT2D eigenvalue weighted by atomic mass is 10.00. The summed E-state index contributed by atoms with van der Waals surface area (Å²) in [5.74, 6) is -19.9. The molecule has 0 fully saturated rings. The van der Waals surface area contributed by atoms with Crippen molar-refractivity contribution in [3.8, 4) is 11.5 Å². The van der Waals surface area contributed by atoms with Crippen LogP contribution in [-0.4, -0.2) is 230 Å². The zero-order chi connectivity index (χ0) is 85.3. The molecule has 0 saturated carbocycles. The van der Waals surface area contributed by atoms with Gasteiger partial charge in [0.25, 0.3) is 0 Å². The number of carboxylic acid groups (broad SMARTS) is 2. The molecule has 15 amide bonds. The number of unbranched alkanes of at least 4 members (excludes halogenated alkanes) is 2. The van der Waals surface area contributed by atoms with Crippen molar-refractivity contribution in [3.63, 3.8) is 0 Å². The number of primary amides is 3. The summed E-state index contributed by atoms with van der Waals surface area (Å²) in [5, 5.41) is 80.3. The number of carbonyl (C=O) groups excluding carboxylic acids is 15. The van der Waals surface area contributed by atoms with Gasteiger partial charge in [0.1, 0.15) is 84.0 Å². The minimum absolute atomic E-state index is 0.0285. The third-order valence-corrected chi connectivity index (χ3v) is 17.8. The van der Waals surface area contributed by atoms with E-state index in [1.165, 1.54) is 48.5 Å². The van der Waals surface area contributed by atoms with Crippen LogP contribution in [0.4, 0.5) is 0 Å². The van der Waals surface area contributed by atoms with Crippen molar-refractivity contribution in [2.75, 3.05) is 25.4 Å². The number of rotatable bonds is 54. The van der Waals surface area contributed by atoms with Crippen molar-refractivity contribution < 1.29 is 107 Å². The van der Waals surface area contributed by atoms with Crippen LogP contribution in [0.15, 0.2) is 78.9 Å². The predicted molar refractivity (Wildman–Crippen MR) is 412 cm³/mol. The topological polar surface area (TPSA) is 692 Å². The van der Waals surface area contributed by atoms with E-state index in [2.05, 4.69) is 76.4 Å². The maximum Gasteiger partial charge on any atom is 0.326 e. The van der Waals surface area contributed by atoms with Gasteiger partial charge >= 0.3 is 11.9 Å². The Labute approximate surface area is 662 Å². The maximum absolute atomic E-state index is 15.2. The molecule has 0 bridgehead atoms. The first-order valence-electron chi connectivity index (χ1n) is 36.8. The van der Waals surface area contributed by atoms with Crippen LogP contribution in [0.3, 0.4) is 0 Å². The van der Waals surface area contributed by atoms with Crippen LogP contribution in [-0.2, 0) is 101 Å². The number of hydrogen-bond acceptors (Lipinski definition) is 24. The van der Waals surface area contributed by atoms with E-state index in [0.29, 0.717) is 24.0 Å². The number of phenolic OH excluding ortho intramolecular Hbond substituents is 2. The lowest BCUT2D eigenvalue weighted by molar-refractivity contribution is -0.143. The largest absolute Gasteiger partial charge is 0.508 e. The van der Waals surface area contributed by atoms with Crippen molar-refractivity contribution in [1.82, 2.24) is 63.8 Å². The summed E-state index contributed by atoms with van der Waals surface area (Å²) in [4.78, 5) is 230. The summed E-state index contributed by atoms with van der Waals surface area (Å²) >= 11 is 4.09. The lowest BCUT2D eigenvalue weighted by Crippen LogP contribution is -2.62. The van der Waals surface area contributed by atoms with Crippen molar-refractivity contribution >= 4 is 113 Å². The minimum Gasteiger partial charge on any atom is -0.508 e. The molecular formula is C73H108N18O22S. The Morgan fingerprint density at radius 2 is 0.693 bits per heavy atom. The second-order valence-corrected chi connectivity index (χ2v) is 27.8. The smallest absolute Gasteiger partial charge is 0.326 e. The van der Waals surface area contributed by atoms with Crippen molar-refractivity contribution in [1.29, 1.82) is 0 Å². The first-order valence-corrected chi connectivity index (χ1v) is 37.4. The molecule has 0 spiro atoms. The monoisotopic (exact) mass is 1620 g/mol. The average Bonchev–Trinajstić information content (AvgIpc) is 0.855. The fourth-order valence-corrected chi connectivity index (χ4v) is 11.6. The van der Waals surface area contributed by atoms with Crippen molar-refractivity contribution in [2.45, 2.75) is 209 Å². The molecule has 0 aliphatic heterocycles. The number of benzene rings is 3. The molecule has 0 radical (unpaired) electrons. The van der Waals surface area contributed by atoms with Gasteiger partial charge in [-0.25, -0.2) is 4.79 Å². The standard InChI is InChI=1S/C73H108N18O22S/c1-38(2)31-50(85-64(103)47(23-26-56(77)95)80-59(98)36-76)67(106)81-45(13-7-9-29-74)62(101)82-48(24-27-57(78)96)65(104)86-53(34-42-17-21-44(94)22-18-42)70(109)87-51(32-40-11-5-4-6-12-40)69(108)88-52(33-41-15-19-43(93)20-16-41)68(107)83-49(25-28-60(99)100)66(105)91-61(39(3)92)72(111)84-46(14-8-10-30-75)63(102)90-55(37-114)71(110)89-54(73(112)113)35-58(79)97/h4-6,11-12,15-22,38-39,45-55,61,92-94,114H,7-10,13-14,23-37,74-76H2,1-3H3,(H2,77,95)(H2,78,96)(H2,79,97)(H,80,98)(H,81,106)(H,82,101)(H,83,107)(H,84,111)(H,85,103)(H,86,104)(H,87,109)(H,88,108)(H,89,110)(H,90,102)(H,91,105)(H,99,100)(H,112,113)/t39-,45+,46+,47+,48+,49+,50+,51+,52+,53+,54+,55+,61+/m1/s1. The predicted octanol–water partition coefficient (Wildman–Crippen LogP) is -6.13. The Balaban J connectivity index is 2.12. The summed E-state index contributed by atoms with van der Waals surface area (Å²) in [6.45, 7) is 4.25. The molecule has 3 rings (SSSR count). The molecule has 0 aliphatic rings. The molecule has 0 heterocycles. The third kappa shape index (κ3) is 36.3. The Morgan fingerprint density at radius 1 is 0.368 bits per heavy atom. The van der Waals surface area contributed by atoms with Crippen LogP contribution >= 0.6 is 12.6 Å². The zero-order valence-electron chi connectivity index (χ0n) is 63.5. The Bertz CT molecular complexity index is 3770. The highest BCUT2D eigenvalue weighted by Crippen LogP contribution is 2.18. The summed E-state index contributed by atoms with van der Waals surface area (Å²) in [6.07, 6.45) is -6.43. The number of carboxylic acids is 2. The number of nitrogens with two attached hydrogens (primary N) is 6. The van der Waals surface area contributed by atoms with Crippen LogP contribution in [0.2, 0.25) is 0 Å². The normalized spacial score (nSPS) is 14.5. The SMILES string of the molecule is CC(C)C[C@H](NC(=O)[C@H](CCC(N)=O)NC(=O)CN)C(=O)N[C@@H](CCCCN)C(=O)N[C@@H](CCC(N)=O)C(=O)N[C@@H](Cc1ccc(O)cc1)C(=O)N[C@@H](Cc1ccccc1)C(=O)N[C@@H](Cc1ccc(O)cc1)C(=O)N[C@@H](CCC(=O)O)C(=O)N[C@H](C(=O)N[C@@H](CCCCN)C(=O)N[C@@H](CS)C(=O)N[C@@H](CC(N)=O)C(=O)O)[C@@H](C)O. The number of carbonyl (C=O) groups is 17. The number of phenols is 2. The van der Waals surface area contributed by atoms with Gasteiger partial charge in [-0.05, 0) is 131 Å². The molecule has 3 aromatic carbocycles. The minimum atomic E-state index is -2.00. The molecule has 0 aliphatic carbocycles. The first kappa shape index (κ1) is 96.6. The fourth-order valence-electron chi connectivity index (χ4n) is 11.3. The Morgan fingerprint density at radius 3 is 1.05 bits per heavy atom. The second-order valence-electron chi connectivity index (χ2n) is 27.4. The number of aliphatic carboxylic acids is 2. The highest BCUT2D eigenvalue weighted by Gasteiger charge is 2.39. The van der Waals surface area contributed by atoms with Gasteiger partial charge in [-0.15, -0.1) is 0 Å². The highest BCUT2D eigenvalue weighted by molar-refractivity contribution is 7.80. The van der Waals surface area contributed by atoms with Gasteiger partial charge in [-0.3, -0.25) is 76.7 Å². The molecule has 29 N–H and O–H groups in total. The van der Waals surface area contributed by atoms with E-state index in [4.69, 9.17) is 34.4 Å². The maximum atomic E-state index is 15.2. The van der Waals surface area contributed by atoms with Gasteiger partial charge in [0, 0.05) is 44.3 Å². The van der Waals surface area contributed by atoms with Crippen LogP contribution in [0, 0.1) is 5.92 Å². The number of nitrogens with one attached hydrogen (secondary N) is 12. The molecule has 0 saturated heterocycles. The van der Waals surface area contributed by atoms with E-state index in [-0.39, 0.29) is 87.4 Å². The highest BCUT2D eigenvalue weighted by atomic mass is 32.1. The van der Waals surface area contributed by atoms with Gasteiger partial charge in [0.05, 0.1) is 19.1 Å². The molecule has 628 valence electrons. The van der Waals surface area contributed by atoms with Gasteiger partial charge in [0.15, 0.2) is 0 Å². The first-order chi connectivity index (χ1) is 53.9. The summed E-state index contributed by atoms with van der Waals surface area (Å²) in [5.41, 5.74) is 33.9. The van der Waals surface area contributed by atoms with E-state index in [1.807, 2.05) is 0 Å². The second kappa shape index (κ2) is 50.4. The van der Waals surface area contributed by atoms with Gasteiger partial charge in [-0.1, -0.05) is 68.4 Å². The average molecular weight is 1620 g/mol. The number of hydrogen-bond donors (Lipinski definition) is 24. The zero-order valence-corrected chi connectivity index (χ0v) is 64.4. The van der Waals surface area contributed by atoms with E-state index >= 15 is 9.59 Å². The number of aliphatic hydroxyl groups is 1. The lowest BCUT2D eigenvalue weighted by Gasteiger charge is -2.29.